The maximum absolute atomic E-state index is 11.0. The summed E-state index contributed by atoms with van der Waals surface area (Å²) in [4.78, 5) is 10.5. The van der Waals surface area contributed by atoms with Crippen molar-refractivity contribution in [1.82, 2.24) is 5.32 Å². The van der Waals surface area contributed by atoms with Crippen LogP contribution in [0.4, 0.5) is 5.69 Å². The van der Waals surface area contributed by atoms with Gasteiger partial charge in [0.1, 0.15) is 0 Å². The van der Waals surface area contributed by atoms with Crippen molar-refractivity contribution in [2.45, 2.75) is 38.3 Å². The lowest BCUT2D eigenvalue weighted by atomic mass is 10.1. The summed E-state index contributed by atoms with van der Waals surface area (Å²) in [7, 11) is 1.43. The summed E-state index contributed by atoms with van der Waals surface area (Å²) in [6.07, 6.45) is 4.89. The van der Waals surface area contributed by atoms with E-state index in [9.17, 15) is 10.1 Å². The van der Waals surface area contributed by atoms with E-state index in [0.717, 1.165) is 31.6 Å². The molecule has 1 N–H and O–H groups in total. The molecule has 0 spiro atoms. The van der Waals surface area contributed by atoms with Crippen LogP contribution in [0.1, 0.15) is 31.2 Å². The van der Waals surface area contributed by atoms with E-state index >= 15 is 0 Å². The molecule has 6 heteroatoms. The molecule has 1 aromatic carbocycles. The van der Waals surface area contributed by atoms with E-state index in [1.807, 2.05) is 6.07 Å². The zero-order valence-electron chi connectivity index (χ0n) is 12.3. The molecule has 0 aromatic heterocycles. The highest BCUT2D eigenvalue weighted by Crippen LogP contribution is 2.27. The molecule has 0 aliphatic carbocycles. The van der Waals surface area contributed by atoms with Gasteiger partial charge in [-0.2, -0.15) is 0 Å². The van der Waals surface area contributed by atoms with Crippen molar-refractivity contribution in [2.24, 2.45) is 0 Å². The topological polar surface area (TPSA) is 73.6 Å². The Labute approximate surface area is 124 Å². The molecule has 1 aromatic rings. The fraction of sp³-hybridized carbons (Fsp3) is 0.600. The molecule has 1 aliphatic heterocycles. The maximum atomic E-state index is 11.0. The van der Waals surface area contributed by atoms with E-state index in [4.69, 9.17) is 9.47 Å². The predicted molar refractivity (Wildman–Crippen MR) is 79.6 cm³/mol. The fourth-order valence-corrected chi connectivity index (χ4v) is 2.52. The van der Waals surface area contributed by atoms with Crippen LogP contribution in [-0.2, 0) is 11.3 Å². The van der Waals surface area contributed by atoms with Gasteiger partial charge in [0, 0.05) is 19.2 Å². The minimum atomic E-state index is -0.418. The first kappa shape index (κ1) is 15.7. The summed E-state index contributed by atoms with van der Waals surface area (Å²) in [6.45, 7) is 2.33. The average Bonchev–Trinajstić information content (AvgIpc) is 2.52. The van der Waals surface area contributed by atoms with Gasteiger partial charge in [-0.1, -0.05) is 6.07 Å². The minimum Gasteiger partial charge on any atom is -0.490 e. The second kappa shape index (κ2) is 7.95. The smallest absolute Gasteiger partial charge is 0.311 e. The Morgan fingerprint density at radius 2 is 2.33 bits per heavy atom. The Bertz CT molecular complexity index is 473. The van der Waals surface area contributed by atoms with Crippen LogP contribution >= 0.6 is 0 Å². The number of benzene rings is 1. The molecular weight excluding hydrogens is 272 g/mol. The van der Waals surface area contributed by atoms with Crippen LogP contribution in [0.2, 0.25) is 0 Å². The number of rotatable bonds is 7. The lowest BCUT2D eigenvalue weighted by Gasteiger charge is -2.22. The van der Waals surface area contributed by atoms with Crippen LogP contribution in [0, 0.1) is 10.1 Å². The molecule has 1 fully saturated rings. The lowest BCUT2D eigenvalue weighted by molar-refractivity contribution is -0.385. The predicted octanol–water partition coefficient (Wildman–Crippen LogP) is 2.65. The molecule has 1 unspecified atom stereocenters. The summed E-state index contributed by atoms with van der Waals surface area (Å²) < 4.78 is 10.7. The van der Waals surface area contributed by atoms with Crippen molar-refractivity contribution in [3.8, 4) is 5.75 Å². The molecule has 116 valence electrons. The molecule has 6 nitrogen and oxygen atoms in total. The molecule has 0 saturated carbocycles. The zero-order chi connectivity index (χ0) is 15.1. The molecule has 1 saturated heterocycles. The van der Waals surface area contributed by atoms with Gasteiger partial charge in [0.2, 0.25) is 0 Å². The quantitative estimate of drug-likeness (QED) is 0.475. The monoisotopic (exact) mass is 294 g/mol. The van der Waals surface area contributed by atoms with E-state index in [2.05, 4.69) is 5.32 Å². The van der Waals surface area contributed by atoms with Crippen LogP contribution in [0.25, 0.3) is 0 Å². The molecule has 1 aliphatic rings. The molecule has 1 atom stereocenters. The van der Waals surface area contributed by atoms with Crippen molar-refractivity contribution in [3.63, 3.8) is 0 Å². The Morgan fingerprint density at radius 1 is 1.48 bits per heavy atom. The van der Waals surface area contributed by atoms with E-state index in [-0.39, 0.29) is 5.69 Å². The second-order valence-corrected chi connectivity index (χ2v) is 5.22. The van der Waals surface area contributed by atoms with Crippen LogP contribution < -0.4 is 10.1 Å². The van der Waals surface area contributed by atoms with Crippen LogP contribution in [-0.4, -0.2) is 31.3 Å². The van der Waals surface area contributed by atoms with Crippen molar-refractivity contribution in [1.29, 1.82) is 0 Å². The van der Waals surface area contributed by atoms with Crippen molar-refractivity contribution in [3.05, 3.63) is 33.9 Å². The second-order valence-electron chi connectivity index (χ2n) is 5.22. The summed E-state index contributed by atoms with van der Waals surface area (Å²) in [5, 5.41) is 14.3. The van der Waals surface area contributed by atoms with Crippen molar-refractivity contribution >= 4 is 5.69 Å². The number of nitrogens with zero attached hydrogens (tertiary/aromatic N) is 1. The maximum Gasteiger partial charge on any atom is 0.311 e. The van der Waals surface area contributed by atoms with E-state index < -0.39 is 4.92 Å². The fourth-order valence-electron chi connectivity index (χ4n) is 2.52. The number of nitro benzene ring substituents is 1. The van der Waals surface area contributed by atoms with Crippen LogP contribution in [0.5, 0.6) is 5.75 Å². The molecule has 0 bridgehead atoms. The highest BCUT2D eigenvalue weighted by Gasteiger charge is 2.15. The van der Waals surface area contributed by atoms with E-state index in [1.54, 1.807) is 12.1 Å². The standard InChI is InChI=1S/C15H22N2O4/c1-20-15-6-5-12(10-14(15)17(18)19)11-16-8-7-13-4-2-3-9-21-13/h5-6,10,13,16H,2-4,7-9,11H2,1H3. The summed E-state index contributed by atoms with van der Waals surface area (Å²) in [5.74, 6) is 0.291. The van der Waals surface area contributed by atoms with E-state index in [0.29, 0.717) is 18.4 Å². The summed E-state index contributed by atoms with van der Waals surface area (Å²) in [6, 6.07) is 5.04. The van der Waals surface area contributed by atoms with Gasteiger partial charge >= 0.3 is 5.69 Å². The first-order chi connectivity index (χ1) is 10.2. The lowest BCUT2D eigenvalue weighted by Crippen LogP contribution is -2.25. The third-order valence-electron chi connectivity index (χ3n) is 3.69. The summed E-state index contributed by atoms with van der Waals surface area (Å²) >= 11 is 0. The first-order valence-electron chi connectivity index (χ1n) is 7.34. The van der Waals surface area contributed by atoms with Gasteiger partial charge < -0.3 is 14.8 Å². The van der Waals surface area contributed by atoms with Crippen LogP contribution in [0.3, 0.4) is 0 Å². The molecule has 2 rings (SSSR count). The van der Waals surface area contributed by atoms with Gasteiger partial charge in [-0.15, -0.1) is 0 Å². The van der Waals surface area contributed by atoms with Gasteiger partial charge in [-0.05, 0) is 43.9 Å². The number of nitro groups is 1. The Balaban J connectivity index is 1.80. The Kier molecular flexibility index (Phi) is 5.95. The third-order valence-corrected chi connectivity index (χ3v) is 3.69. The third kappa shape index (κ3) is 4.68. The molecule has 21 heavy (non-hydrogen) atoms. The number of hydrogen-bond acceptors (Lipinski definition) is 5. The van der Waals surface area contributed by atoms with Crippen LogP contribution in [0.15, 0.2) is 18.2 Å². The Morgan fingerprint density at radius 3 is 3.00 bits per heavy atom. The highest BCUT2D eigenvalue weighted by molar-refractivity contribution is 5.48. The van der Waals surface area contributed by atoms with E-state index in [1.165, 1.54) is 20.0 Å². The molecule has 0 radical (unpaired) electrons. The molecule has 0 amide bonds. The molecule has 1 heterocycles. The number of nitrogens with one attached hydrogen (secondary N) is 1. The van der Waals surface area contributed by atoms with Gasteiger partial charge in [0.05, 0.1) is 18.1 Å². The van der Waals surface area contributed by atoms with Gasteiger partial charge in [0.25, 0.3) is 0 Å². The van der Waals surface area contributed by atoms with Gasteiger partial charge in [-0.25, -0.2) is 0 Å². The minimum absolute atomic E-state index is 0.00686. The van der Waals surface area contributed by atoms with Gasteiger partial charge in [-0.3, -0.25) is 10.1 Å². The highest BCUT2D eigenvalue weighted by atomic mass is 16.6. The largest absolute Gasteiger partial charge is 0.490 e. The summed E-state index contributed by atoms with van der Waals surface area (Å²) in [5.41, 5.74) is 0.888. The number of methoxy groups -OCH3 is 1. The first-order valence-corrected chi connectivity index (χ1v) is 7.34. The zero-order valence-corrected chi connectivity index (χ0v) is 12.3. The molecular formula is C15H22N2O4. The average molecular weight is 294 g/mol. The number of ether oxygens (including phenoxy) is 2. The van der Waals surface area contributed by atoms with Crippen molar-refractivity contribution < 1.29 is 14.4 Å². The normalized spacial score (nSPS) is 18.4. The van der Waals surface area contributed by atoms with Gasteiger partial charge in [0.15, 0.2) is 5.75 Å². The SMILES string of the molecule is COc1ccc(CNCCC2CCCCO2)cc1[N+](=O)[O-]. The van der Waals surface area contributed by atoms with Crippen molar-refractivity contribution in [2.75, 3.05) is 20.3 Å². The Hall–Kier alpha value is -1.66. The number of hydrogen-bond donors (Lipinski definition) is 1.